The molecule has 6 nitrogen and oxygen atoms in total. The molecule has 29 heavy (non-hydrogen) atoms. The molecule has 0 bridgehead atoms. The average Bonchev–Trinajstić information content (AvgIpc) is 3.66. The monoisotopic (exact) mass is 395 g/mol. The summed E-state index contributed by atoms with van der Waals surface area (Å²) in [7, 11) is 0. The quantitative estimate of drug-likeness (QED) is 0.468. The molecule has 0 spiro atoms. The van der Waals surface area contributed by atoms with Crippen LogP contribution in [0.5, 0.6) is 11.5 Å². The predicted octanol–water partition coefficient (Wildman–Crippen LogP) is 2.61. The molecular weight excluding hydrogens is 370 g/mol. The van der Waals surface area contributed by atoms with Crippen LogP contribution in [-0.2, 0) is 20.7 Å². The summed E-state index contributed by atoms with van der Waals surface area (Å²) in [4.78, 5) is 12.0. The molecule has 0 radical (unpaired) electrons. The Kier molecular flexibility index (Phi) is 6.44. The van der Waals surface area contributed by atoms with Gasteiger partial charge in [0.15, 0.2) is 0 Å². The number of hydrogen-bond acceptors (Lipinski definition) is 5. The third kappa shape index (κ3) is 6.93. The highest BCUT2D eigenvalue weighted by Gasteiger charge is 2.23. The smallest absolute Gasteiger partial charge is 0.244 e. The van der Waals surface area contributed by atoms with E-state index in [1.165, 1.54) is 0 Å². The van der Waals surface area contributed by atoms with Gasteiger partial charge >= 0.3 is 0 Å². The summed E-state index contributed by atoms with van der Waals surface area (Å²) in [6, 6.07) is 15.6. The van der Waals surface area contributed by atoms with Crippen molar-refractivity contribution < 1.29 is 23.7 Å². The van der Waals surface area contributed by atoms with Gasteiger partial charge in [-0.3, -0.25) is 4.79 Å². The first-order valence-electron chi connectivity index (χ1n) is 9.88. The number of amides is 1. The minimum atomic E-state index is -0.111. The second-order valence-electron chi connectivity index (χ2n) is 7.12. The lowest BCUT2D eigenvalue weighted by Gasteiger charge is -2.06. The zero-order valence-corrected chi connectivity index (χ0v) is 16.2. The lowest BCUT2D eigenvalue weighted by Crippen LogP contribution is -2.23. The van der Waals surface area contributed by atoms with Crippen molar-refractivity contribution in [3.8, 4) is 11.5 Å². The molecule has 2 aliphatic rings. The van der Waals surface area contributed by atoms with Gasteiger partial charge in [-0.2, -0.15) is 0 Å². The van der Waals surface area contributed by atoms with Gasteiger partial charge in [0, 0.05) is 12.6 Å². The molecule has 2 aliphatic heterocycles. The van der Waals surface area contributed by atoms with Crippen LogP contribution < -0.4 is 14.8 Å². The molecule has 2 aromatic rings. The third-order valence-electron chi connectivity index (χ3n) is 4.62. The molecule has 6 heteroatoms. The fraction of sp³-hybridized carbons (Fsp3) is 0.348. The zero-order valence-electron chi connectivity index (χ0n) is 16.2. The minimum Gasteiger partial charge on any atom is -0.491 e. The van der Waals surface area contributed by atoms with E-state index in [0.29, 0.717) is 19.8 Å². The molecule has 4 rings (SSSR count). The molecule has 0 aromatic heterocycles. The van der Waals surface area contributed by atoms with E-state index in [9.17, 15) is 4.79 Å². The second-order valence-corrected chi connectivity index (χ2v) is 7.12. The Hall–Kier alpha value is -2.83. The van der Waals surface area contributed by atoms with Crippen LogP contribution in [0.2, 0.25) is 0 Å². The summed E-state index contributed by atoms with van der Waals surface area (Å²) in [5, 5.41) is 2.90. The van der Waals surface area contributed by atoms with Crippen LogP contribution in [0.1, 0.15) is 11.1 Å². The maximum absolute atomic E-state index is 12.0. The Bertz CT molecular complexity index is 823. The standard InChI is InChI=1S/C23H25NO5/c25-23(10-5-17-1-6-19(7-2-17)26-13-21-15-28-21)24-12-11-18-3-8-20(9-4-18)27-14-22-16-29-22/h1-10,21-22H,11-16H2,(H,24,25)/b10-5+. The van der Waals surface area contributed by atoms with Crippen LogP contribution in [0, 0.1) is 0 Å². The molecule has 2 atom stereocenters. The maximum atomic E-state index is 12.0. The number of rotatable bonds is 11. The zero-order chi connectivity index (χ0) is 19.9. The van der Waals surface area contributed by atoms with Crippen LogP contribution in [0.15, 0.2) is 54.6 Å². The Labute approximate surface area is 170 Å². The van der Waals surface area contributed by atoms with Crippen LogP contribution in [0.25, 0.3) is 6.08 Å². The van der Waals surface area contributed by atoms with Gasteiger partial charge in [0.2, 0.25) is 5.91 Å². The largest absolute Gasteiger partial charge is 0.491 e. The number of hydrogen-bond donors (Lipinski definition) is 1. The van der Waals surface area contributed by atoms with Gasteiger partial charge in [0.25, 0.3) is 0 Å². The van der Waals surface area contributed by atoms with Crippen molar-refractivity contribution in [1.29, 1.82) is 0 Å². The summed E-state index contributed by atoms with van der Waals surface area (Å²) in [5.74, 6) is 1.54. The highest BCUT2D eigenvalue weighted by Crippen LogP contribution is 2.17. The van der Waals surface area contributed by atoms with Crippen molar-refractivity contribution in [3.05, 3.63) is 65.7 Å². The molecular formula is C23H25NO5. The van der Waals surface area contributed by atoms with E-state index in [1.54, 1.807) is 12.2 Å². The summed E-state index contributed by atoms with van der Waals surface area (Å²) < 4.78 is 21.5. The molecule has 0 saturated carbocycles. The van der Waals surface area contributed by atoms with Crippen LogP contribution in [0.3, 0.4) is 0 Å². The first kappa shape index (κ1) is 19.5. The van der Waals surface area contributed by atoms with Gasteiger partial charge in [-0.15, -0.1) is 0 Å². The highest BCUT2D eigenvalue weighted by molar-refractivity contribution is 5.91. The number of epoxide rings is 2. The average molecular weight is 395 g/mol. The van der Waals surface area contributed by atoms with E-state index >= 15 is 0 Å². The first-order valence-corrected chi connectivity index (χ1v) is 9.88. The predicted molar refractivity (Wildman–Crippen MR) is 109 cm³/mol. The van der Waals surface area contributed by atoms with Crippen LogP contribution in [0.4, 0.5) is 0 Å². The van der Waals surface area contributed by atoms with Crippen LogP contribution in [-0.4, -0.2) is 51.1 Å². The Morgan fingerprint density at radius 1 is 0.931 bits per heavy atom. The molecule has 2 saturated heterocycles. The van der Waals surface area contributed by atoms with Crippen molar-refractivity contribution >= 4 is 12.0 Å². The molecule has 2 unspecified atom stereocenters. The van der Waals surface area contributed by atoms with Gasteiger partial charge < -0.3 is 24.3 Å². The van der Waals surface area contributed by atoms with E-state index in [0.717, 1.165) is 42.3 Å². The number of nitrogens with one attached hydrogen (secondary N) is 1. The SMILES string of the molecule is O=C(/C=C/c1ccc(OCC2CO2)cc1)NCCc1ccc(OCC2CO2)cc1. The van der Waals surface area contributed by atoms with E-state index in [-0.39, 0.29) is 18.1 Å². The van der Waals surface area contributed by atoms with Gasteiger partial charge in [-0.05, 0) is 47.9 Å². The molecule has 2 aromatic carbocycles. The minimum absolute atomic E-state index is 0.111. The Balaban J connectivity index is 1.14. The van der Waals surface area contributed by atoms with Crippen molar-refractivity contribution in [2.75, 3.05) is 33.0 Å². The molecule has 0 aliphatic carbocycles. The van der Waals surface area contributed by atoms with E-state index in [4.69, 9.17) is 18.9 Å². The normalized spacial score (nSPS) is 19.7. The van der Waals surface area contributed by atoms with E-state index in [1.807, 2.05) is 48.5 Å². The van der Waals surface area contributed by atoms with E-state index < -0.39 is 0 Å². The Morgan fingerprint density at radius 2 is 1.48 bits per heavy atom. The van der Waals surface area contributed by atoms with Crippen molar-refractivity contribution in [2.24, 2.45) is 0 Å². The lowest BCUT2D eigenvalue weighted by molar-refractivity contribution is -0.116. The topological polar surface area (TPSA) is 72.6 Å². The molecule has 1 N–H and O–H groups in total. The Morgan fingerprint density at radius 3 is 2.03 bits per heavy atom. The molecule has 2 heterocycles. The highest BCUT2D eigenvalue weighted by atomic mass is 16.6. The van der Waals surface area contributed by atoms with Gasteiger partial charge in [-0.25, -0.2) is 0 Å². The van der Waals surface area contributed by atoms with Gasteiger partial charge in [0.1, 0.15) is 36.9 Å². The summed E-state index contributed by atoms with van der Waals surface area (Å²) in [6.07, 6.45) is 4.60. The van der Waals surface area contributed by atoms with Crippen molar-refractivity contribution in [3.63, 3.8) is 0 Å². The molecule has 152 valence electrons. The summed E-state index contributed by atoms with van der Waals surface area (Å²) in [6.45, 7) is 3.35. The second kappa shape index (κ2) is 9.58. The van der Waals surface area contributed by atoms with Crippen molar-refractivity contribution in [1.82, 2.24) is 5.32 Å². The van der Waals surface area contributed by atoms with Gasteiger partial charge in [-0.1, -0.05) is 24.3 Å². The van der Waals surface area contributed by atoms with Crippen LogP contribution >= 0.6 is 0 Å². The third-order valence-corrected chi connectivity index (χ3v) is 4.62. The fourth-order valence-electron chi connectivity index (χ4n) is 2.70. The number of benzene rings is 2. The summed E-state index contributed by atoms with van der Waals surface area (Å²) in [5.41, 5.74) is 2.10. The first-order chi connectivity index (χ1) is 14.2. The van der Waals surface area contributed by atoms with Crippen molar-refractivity contribution in [2.45, 2.75) is 18.6 Å². The van der Waals surface area contributed by atoms with E-state index in [2.05, 4.69) is 5.32 Å². The number of carbonyl (C=O) groups excluding carboxylic acids is 1. The van der Waals surface area contributed by atoms with Gasteiger partial charge in [0.05, 0.1) is 13.2 Å². The number of ether oxygens (including phenoxy) is 4. The molecule has 1 amide bonds. The number of carbonyl (C=O) groups is 1. The maximum Gasteiger partial charge on any atom is 0.244 e. The molecule has 2 fully saturated rings. The lowest BCUT2D eigenvalue weighted by atomic mass is 10.1. The summed E-state index contributed by atoms with van der Waals surface area (Å²) >= 11 is 0. The fourth-order valence-corrected chi connectivity index (χ4v) is 2.70.